The largest absolute Gasteiger partial charge is 0.480 e. The van der Waals surface area contributed by atoms with Crippen molar-refractivity contribution in [2.24, 2.45) is 0 Å². The number of halogens is 1. The van der Waals surface area contributed by atoms with Crippen LogP contribution in [0.2, 0.25) is 0 Å². The Bertz CT molecular complexity index is 717. The lowest BCUT2D eigenvalue weighted by Gasteiger charge is -2.19. The Labute approximate surface area is 120 Å². The first-order valence-corrected chi connectivity index (χ1v) is 7.62. The number of hydrogen-bond acceptors (Lipinski definition) is 4. The highest BCUT2D eigenvalue weighted by molar-refractivity contribution is 7.94. The van der Waals surface area contributed by atoms with Crippen molar-refractivity contribution >= 4 is 33.3 Å². The maximum absolute atomic E-state index is 13.9. The normalized spacial score (nSPS) is 15.8. The van der Waals surface area contributed by atoms with Crippen molar-refractivity contribution < 1.29 is 27.5 Å². The van der Waals surface area contributed by atoms with E-state index in [-0.39, 0.29) is 12.3 Å². The monoisotopic (exact) mass is 316 g/mol. The highest BCUT2D eigenvalue weighted by Crippen LogP contribution is 2.29. The van der Waals surface area contributed by atoms with E-state index in [1.54, 1.807) is 0 Å². The smallest absolute Gasteiger partial charge is 0.323 e. The number of carbonyl (C=O) groups is 2. The van der Waals surface area contributed by atoms with Crippen molar-refractivity contribution in [1.29, 1.82) is 0 Å². The molecule has 0 bridgehead atoms. The van der Waals surface area contributed by atoms with E-state index >= 15 is 0 Å². The van der Waals surface area contributed by atoms with E-state index < -0.39 is 32.7 Å². The first kappa shape index (κ1) is 15.2. The van der Waals surface area contributed by atoms with E-state index in [1.807, 2.05) is 4.72 Å². The molecule has 0 fully saturated rings. The van der Waals surface area contributed by atoms with Crippen LogP contribution in [0.25, 0.3) is 0 Å². The van der Waals surface area contributed by atoms with Crippen molar-refractivity contribution in [3.63, 3.8) is 0 Å². The molecule has 1 aromatic rings. The van der Waals surface area contributed by atoms with Gasteiger partial charge in [0, 0.05) is 12.1 Å². The number of sulfonamides is 1. The van der Waals surface area contributed by atoms with Gasteiger partial charge in [-0.15, -0.1) is 0 Å². The van der Waals surface area contributed by atoms with Gasteiger partial charge in [-0.05, 0) is 31.0 Å². The van der Waals surface area contributed by atoms with Crippen molar-refractivity contribution in [3.8, 4) is 0 Å². The molecule has 1 aromatic carbocycles. The van der Waals surface area contributed by atoms with E-state index in [0.717, 1.165) is 19.1 Å². The topological polar surface area (TPSA) is 113 Å². The Kier molecular flexibility index (Phi) is 3.86. The van der Waals surface area contributed by atoms with E-state index in [0.29, 0.717) is 17.7 Å². The third kappa shape index (κ3) is 3.13. The van der Waals surface area contributed by atoms with Crippen molar-refractivity contribution in [2.45, 2.75) is 25.0 Å². The summed E-state index contributed by atoms with van der Waals surface area (Å²) < 4.78 is 39.3. The standard InChI is InChI=1S/C12H13FN2O5S/c1-6(12(17)18)21(19,20)15-10-5-9-7(4-8(10)13)2-3-11(16)14-9/h4-6,15H,2-3H2,1H3,(H,14,16)(H,17,18). The maximum atomic E-state index is 13.9. The fourth-order valence-electron chi connectivity index (χ4n) is 1.85. The number of carboxylic acid groups (broad SMARTS) is 1. The summed E-state index contributed by atoms with van der Waals surface area (Å²) in [6.45, 7) is 0.975. The Morgan fingerprint density at radius 3 is 2.71 bits per heavy atom. The summed E-state index contributed by atoms with van der Waals surface area (Å²) in [6, 6.07) is 2.27. The van der Waals surface area contributed by atoms with Gasteiger partial charge in [-0.25, -0.2) is 12.8 Å². The molecule has 0 aliphatic carbocycles. The third-order valence-electron chi connectivity index (χ3n) is 3.15. The third-order valence-corrected chi connectivity index (χ3v) is 4.79. The number of fused-ring (bicyclic) bond motifs is 1. The van der Waals surface area contributed by atoms with Gasteiger partial charge < -0.3 is 10.4 Å². The fourth-order valence-corrected chi connectivity index (χ4v) is 2.76. The number of aryl methyl sites for hydroxylation is 1. The first-order chi connectivity index (χ1) is 9.70. The minimum Gasteiger partial charge on any atom is -0.480 e. The molecule has 0 saturated heterocycles. The van der Waals surface area contributed by atoms with E-state index in [2.05, 4.69) is 5.32 Å². The predicted molar refractivity (Wildman–Crippen MR) is 73.0 cm³/mol. The molecule has 1 amide bonds. The molecule has 1 aliphatic heterocycles. The number of aliphatic carboxylic acids is 1. The number of benzene rings is 1. The fraction of sp³-hybridized carbons (Fsp3) is 0.333. The Hall–Kier alpha value is -2.16. The molecule has 0 aromatic heterocycles. The molecular weight excluding hydrogens is 303 g/mol. The van der Waals surface area contributed by atoms with Gasteiger partial charge >= 0.3 is 5.97 Å². The maximum Gasteiger partial charge on any atom is 0.323 e. The molecule has 0 radical (unpaired) electrons. The molecule has 1 heterocycles. The minimum atomic E-state index is -4.28. The number of carboxylic acids is 1. The molecule has 7 nitrogen and oxygen atoms in total. The van der Waals surface area contributed by atoms with Crippen LogP contribution < -0.4 is 10.0 Å². The summed E-state index contributed by atoms with van der Waals surface area (Å²) in [5.74, 6) is -2.62. The van der Waals surface area contributed by atoms with Gasteiger partial charge in [0.2, 0.25) is 15.9 Å². The number of carbonyl (C=O) groups excluding carboxylic acids is 1. The molecule has 0 spiro atoms. The number of amides is 1. The van der Waals surface area contributed by atoms with Gasteiger partial charge in [0.05, 0.1) is 5.69 Å². The number of nitrogens with one attached hydrogen (secondary N) is 2. The second kappa shape index (κ2) is 5.32. The zero-order valence-corrected chi connectivity index (χ0v) is 11.8. The average molecular weight is 316 g/mol. The van der Waals surface area contributed by atoms with Crippen molar-refractivity contribution in [2.75, 3.05) is 10.0 Å². The molecular formula is C12H13FN2O5S. The first-order valence-electron chi connectivity index (χ1n) is 6.07. The highest BCUT2D eigenvalue weighted by Gasteiger charge is 2.29. The van der Waals surface area contributed by atoms with Crippen LogP contribution in [0.3, 0.4) is 0 Å². The van der Waals surface area contributed by atoms with E-state index in [9.17, 15) is 22.4 Å². The molecule has 1 atom stereocenters. The van der Waals surface area contributed by atoms with Crippen LogP contribution in [-0.2, 0) is 26.0 Å². The lowest BCUT2D eigenvalue weighted by atomic mass is 10.0. The Balaban J connectivity index is 2.35. The van der Waals surface area contributed by atoms with Crippen LogP contribution in [0.1, 0.15) is 18.9 Å². The molecule has 3 N–H and O–H groups in total. The number of hydrogen-bond donors (Lipinski definition) is 3. The predicted octanol–water partition coefficient (Wildman–Crippen LogP) is 0.925. The summed E-state index contributed by atoms with van der Waals surface area (Å²) in [5.41, 5.74) is 0.471. The molecule has 21 heavy (non-hydrogen) atoms. The SMILES string of the molecule is CC(C(=O)O)S(=O)(=O)Nc1cc2c(cc1F)CCC(=O)N2. The van der Waals surface area contributed by atoms with Crippen LogP contribution in [0, 0.1) is 5.82 Å². The Morgan fingerprint density at radius 1 is 1.43 bits per heavy atom. The van der Waals surface area contributed by atoms with Gasteiger partial charge in [0.25, 0.3) is 0 Å². The number of anilines is 2. The molecule has 2 rings (SSSR count). The zero-order valence-electron chi connectivity index (χ0n) is 11.0. The van der Waals surface area contributed by atoms with Gasteiger partial charge in [-0.3, -0.25) is 14.3 Å². The summed E-state index contributed by atoms with van der Waals surface area (Å²) in [7, 11) is -4.28. The van der Waals surface area contributed by atoms with Gasteiger partial charge in [0.15, 0.2) is 5.25 Å². The summed E-state index contributed by atoms with van der Waals surface area (Å²) in [6.07, 6.45) is 0.588. The van der Waals surface area contributed by atoms with Crippen LogP contribution in [0.4, 0.5) is 15.8 Å². The average Bonchev–Trinajstić information content (AvgIpc) is 2.38. The molecule has 9 heteroatoms. The zero-order chi connectivity index (χ0) is 15.8. The quantitative estimate of drug-likeness (QED) is 0.765. The van der Waals surface area contributed by atoms with Gasteiger partial charge in [0.1, 0.15) is 5.82 Å². The van der Waals surface area contributed by atoms with Crippen LogP contribution >= 0.6 is 0 Å². The Morgan fingerprint density at radius 2 is 2.10 bits per heavy atom. The van der Waals surface area contributed by atoms with Crippen molar-refractivity contribution in [3.05, 3.63) is 23.5 Å². The second-order valence-corrected chi connectivity index (χ2v) is 6.67. The van der Waals surface area contributed by atoms with Gasteiger partial charge in [-0.1, -0.05) is 0 Å². The summed E-state index contributed by atoms with van der Waals surface area (Å²) >= 11 is 0. The van der Waals surface area contributed by atoms with Gasteiger partial charge in [-0.2, -0.15) is 0 Å². The van der Waals surface area contributed by atoms with Crippen LogP contribution in [0.5, 0.6) is 0 Å². The molecule has 114 valence electrons. The summed E-state index contributed by atoms with van der Waals surface area (Å²) in [4.78, 5) is 22.0. The van der Waals surface area contributed by atoms with Crippen LogP contribution in [-0.4, -0.2) is 30.7 Å². The lowest BCUT2D eigenvalue weighted by molar-refractivity contribution is -0.136. The molecule has 0 saturated carbocycles. The minimum absolute atomic E-state index is 0.230. The second-order valence-electron chi connectivity index (χ2n) is 4.66. The van der Waals surface area contributed by atoms with Crippen LogP contribution in [0.15, 0.2) is 12.1 Å². The highest BCUT2D eigenvalue weighted by atomic mass is 32.2. The number of rotatable bonds is 4. The van der Waals surface area contributed by atoms with E-state index in [1.165, 1.54) is 0 Å². The molecule has 1 unspecified atom stereocenters. The molecule has 1 aliphatic rings. The lowest BCUT2D eigenvalue weighted by Crippen LogP contribution is -2.32. The van der Waals surface area contributed by atoms with E-state index in [4.69, 9.17) is 5.11 Å². The summed E-state index contributed by atoms with van der Waals surface area (Å²) in [5, 5.41) is 9.50. The van der Waals surface area contributed by atoms with Crippen molar-refractivity contribution in [1.82, 2.24) is 0 Å².